The molecule has 0 aliphatic carbocycles. The van der Waals surface area contributed by atoms with Crippen LogP contribution in [0.25, 0.3) is 0 Å². The van der Waals surface area contributed by atoms with Gasteiger partial charge in [-0.1, -0.05) is 0 Å². The van der Waals surface area contributed by atoms with E-state index in [9.17, 15) is 4.79 Å². The number of aliphatic hydroxyl groups excluding tert-OH is 1. The van der Waals surface area contributed by atoms with E-state index in [4.69, 9.17) is 5.11 Å². The molecule has 0 fully saturated rings. The van der Waals surface area contributed by atoms with Gasteiger partial charge in [-0.05, 0) is 30.9 Å². The van der Waals surface area contributed by atoms with E-state index in [0.717, 1.165) is 10.4 Å². The number of rotatable bonds is 3. The maximum Gasteiger partial charge on any atom is 0.261 e. The first-order valence-corrected chi connectivity index (χ1v) is 4.99. The molecule has 1 rings (SSSR count). The molecule has 0 aromatic carbocycles. The Morgan fingerprint density at radius 2 is 2.46 bits per heavy atom. The highest BCUT2D eigenvalue weighted by Crippen LogP contribution is 2.14. The molecule has 0 unspecified atom stereocenters. The van der Waals surface area contributed by atoms with Crippen LogP contribution in [-0.2, 0) is 0 Å². The van der Waals surface area contributed by atoms with Crippen LogP contribution in [0.3, 0.4) is 0 Å². The summed E-state index contributed by atoms with van der Waals surface area (Å²) in [6.45, 7) is 3.84. The quantitative estimate of drug-likeness (QED) is 0.767. The van der Waals surface area contributed by atoms with Gasteiger partial charge >= 0.3 is 0 Å². The smallest absolute Gasteiger partial charge is 0.261 e. The fourth-order valence-corrected chi connectivity index (χ4v) is 1.77. The lowest BCUT2D eigenvalue weighted by Gasteiger charge is -2.05. The predicted octanol–water partition coefficient (Wildman–Crippen LogP) is 1.17. The molecule has 0 saturated carbocycles. The number of thiophene rings is 1. The molecule has 0 aliphatic rings. The Bertz CT molecular complexity index is 294. The zero-order valence-corrected chi connectivity index (χ0v) is 8.52. The van der Waals surface area contributed by atoms with Crippen molar-refractivity contribution >= 4 is 17.2 Å². The molecule has 13 heavy (non-hydrogen) atoms. The SMILES string of the molecule is Cc1ccsc1C(=O)NC[C@H](C)O. The minimum absolute atomic E-state index is 0.103. The molecule has 0 bridgehead atoms. The molecule has 1 heterocycles. The van der Waals surface area contributed by atoms with E-state index >= 15 is 0 Å². The largest absolute Gasteiger partial charge is 0.392 e. The van der Waals surface area contributed by atoms with Gasteiger partial charge in [-0.2, -0.15) is 0 Å². The molecule has 3 nitrogen and oxygen atoms in total. The summed E-state index contributed by atoms with van der Waals surface area (Å²) >= 11 is 1.42. The van der Waals surface area contributed by atoms with Gasteiger partial charge in [0.05, 0.1) is 11.0 Å². The lowest BCUT2D eigenvalue weighted by Crippen LogP contribution is -2.30. The van der Waals surface area contributed by atoms with Crippen LogP contribution in [0.5, 0.6) is 0 Å². The number of carbonyl (C=O) groups is 1. The average molecular weight is 199 g/mol. The summed E-state index contributed by atoms with van der Waals surface area (Å²) in [4.78, 5) is 12.1. The Hall–Kier alpha value is -0.870. The minimum atomic E-state index is -0.496. The third-order valence-corrected chi connectivity index (χ3v) is 2.64. The van der Waals surface area contributed by atoms with Gasteiger partial charge < -0.3 is 10.4 Å². The van der Waals surface area contributed by atoms with Gasteiger partial charge in [-0.3, -0.25) is 4.79 Å². The molecule has 0 aliphatic heterocycles. The standard InChI is InChI=1S/C9H13NO2S/c1-6-3-4-13-8(6)9(12)10-5-7(2)11/h3-4,7,11H,5H2,1-2H3,(H,10,12)/t7-/m0/s1. The molecule has 2 N–H and O–H groups in total. The molecule has 0 saturated heterocycles. The van der Waals surface area contributed by atoms with Gasteiger partial charge in [-0.15, -0.1) is 11.3 Å². The normalized spacial score (nSPS) is 12.5. The van der Waals surface area contributed by atoms with Crippen LogP contribution in [-0.4, -0.2) is 23.7 Å². The third kappa shape index (κ3) is 2.82. The number of hydrogen-bond donors (Lipinski definition) is 2. The molecular weight excluding hydrogens is 186 g/mol. The van der Waals surface area contributed by atoms with Crippen molar-refractivity contribution in [2.24, 2.45) is 0 Å². The summed E-state index contributed by atoms with van der Waals surface area (Å²) in [5.41, 5.74) is 0.980. The van der Waals surface area contributed by atoms with Crippen LogP contribution in [0, 0.1) is 6.92 Å². The average Bonchev–Trinajstić information content (AvgIpc) is 2.47. The monoisotopic (exact) mass is 199 g/mol. The van der Waals surface area contributed by atoms with Crippen molar-refractivity contribution in [1.82, 2.24) is 5.32 Å². The second-order valence-corrected chi connectivity index (χ2v) is 3.91. The number of amides is 1. The first-order valence-electron chi connectivity index (χ1n) is 4.11. The van der Waals surface area contributed by atoms with Crippen molar-refractivity contribution in [3.63, 3.8) is 0 Å². The minimum Gasteiger partial charge on any atom is -0.392 e. The summed E-state index contributed by atoms with van der Waals surface area (Å²) in [6.07, 6.45) is -0.496. The Morgan fingerprint density at radius 3 is 2.92 bits per heavy atom. The van der Waals surface area contributed by atoms with Crippen molar-refractivity contribution in [3.05, 3.63) is 21.9 Å². The van der Waals surface area contributed by atoms with Crippen molar-refractivity contribution in [3.8, 4) is 0 Å². The van der Waals surface area contributed by atoms with Gasteiger partial charge in [0.1, 0.15) is 0 Å². The van der Waals surface area contributed by atoms with Crippen molar-refractivity contribution in [2.75, 3.05) is 6.54 Å². The number of aryl methyl sites for hydroxylation is 1. The molecule has 72 valence electrons. The van der Waals surface area contributed by atoms with Gasteiger partial charge in [0.25, 0.3) is 5.91 Å². The second kappa shape index (κ2) is 4.39. The second-order valence-electron chi connectivity index (χ2n) is 2.99. The van der Waals surface area contributed by atoms with Crippen LogP contribution >= 0.6 is 11.3 Å². The summed E-state index contributed by atoms with van der Waals surface area (Å²) in [6, 6.07) is 1.90. The maximum atomic E-state index is 11.4. The number of aliphatic hydroxyl groups is 1. The van der Waals surface area contributed by atoms with Crippen LogP contribution in [0.1, 0.15) is 22.2 Å². The Balaban J connectivity index is 2.54. The number of nitrogens with one attached hydrogen (secondary N) is 1. The zero-order valence-electron chi connectivity index (χ0n) is 7.70. The van der Waals surface area contributed by atoms with Gasteiger partial charge in [0, 0.05) is 6.54 Å². The van der Waals surface area contributed by atoms with Crippen molar-refractivity contribution < 1.29 is 9.90 Å². The van der Waals surface area contributed by atoms with E-state index in [0.29, 0.717) is 6.54 Å². The maximum absolute atomic E-state index is 11.4. The van der Waals surface area contributed by atoms with Crippen molar-refractivity contribution in [2.45, 2.75) is 20.0 Å². The molecule has 1 aromatic rings. The third-order valence-electron chi connectivity index (χ3n) is 1.63. The molecule has 1 aromatic heterocycles. The van der Waals surface area contributed by atoms with Gasteiger partial charge in [0.2, 0.25) is 0 Å². The van der Waals surface area contributed by atoms with Crippen molar-refractivity contribution in [1.29, 1.82) is 0 Å². The zero-order chi connectivity index (χ0) is 9.84. The molecule has 0 radical (unpaired) electrons. The van der Waals surface area contributed by atoms with E-state index in [-0.39, 0.29) is 5.91 Å². The molecule has 1 amide bonds. The van der Waals surface area contributed by atoms with E-state index in [1.54, 1.807) is 6.92 Å². The summed E-state index contributed by atoms with van der Waals surface area (Å²) in [5, 5.41) is 13.5. The highest BCUT2D eigenvalue weighted by atomic mass is 32.1. The van der Waals surface area contributed by atoms with Crippen LogP contribution in [0.4, 0.5) is 0 Å². The van der Waals surface area contributed by atoms with Gasteiger partial charge in [-0.25, -0.2) is 0 Å². The lowest BCUT2D eigenvalue weighted by molar-refractivity contribution is 0.0927. The van der Waals surface area contributed by atoms with Crippen LogP contribution in [0.15, 0.2) is 11.4 Å². The fourth-order valence-electron chi connectivity index (χ4n) is 0.926. The lowest BCUT2D eigenvalue weighted by atomic mass is 10.3. The number of hydrogen-bond acceptors (Lipinski definition) is 3. The summed E-state index contributed by atoms with van der Waals surface area (Å²) in [5.74, 6) is -0.103. The Morgan fingerprint density at radius 1 is 1.77 bits per heavy atom. The Kier molecular flexibility index (Phi) is 3.45. The van der Waals surface area contributed by atoms with Crippen LogP contribution < -0.4 is 5.32 Å². The van der Waals surface area contributed by atoms with E-state index in [1.165, 1.54) is 11.3 Å². The highest BCUT2D eigenvalue weighted by molar-refractivity contribution is 7.12. The first-order chi connectivity index (χ1) is 6.11. The summed E-state index contributed by atoms with van der Waals surface area (Å²) < 4.78 is 0. The molecule has 1 atom stereocenters. The molecule has 0 spiro atoms. The van der Waals surface area contributed by atoms with Gasteiger partial charge in [0.15, 0.2) is 0 Å². The fraction of sp³-hybridized carbons (Fsp3) is 0.444. The van der Waals surface area contributed by atoms with E-state index in [2.05, 4.69) is 5.32 Å². The molecule has 4 heteroatoms. The topological polar surface area (TPSA) is 49.3 Å². The Labute approximate surface area is 81.4 Å². The predicted molar refractivity (Wildman–Crippen MR) is 53.1 cm³/mol. The van der Waals surface area contributed by atoms with Crippen LogP contribution in [0.2, 0.25) is 0 Å². The molecular formula is C9H13NO2S. The highest BCUT2D eigenvalue weighted by Gasteiger charge is 2.09. The summed E-state index contributed by atoms with van der Waals surface area (Å²) in [7, 11) is 0. The first kappa shape index (κ1) is 10.2. The van der Waals surface area contributed by atoms with E-state index < -0.39 is 6.10 Å². The van der Waals surface area contributed by atoms with E-state index in [1.807, 2.05) is 18.4 Å². The number of carbonyl (C=O) groups excluding carboxylic acids is 1.